The maximum absolute atomic E-state index is 13.8. The standard InChI is InChI=1S/C33H36ClFN4O2/c1-32(2)21-29(37-30(40)26-20-23(35)4-6-28(26)34)25-19-22(3-5-27(25)32)31(41)39-17-11-33(12-18-39)9-15-38(16-10-33)24-7-13-36-14-8-24/h3-8,13-14,19-20,29H,9-12,15-18,21H2,1-2H3,(H,37,40). The molecule has 1 N–H and O–H groups in total. The molecule has 3 aromatic rings. The Hall–Kier alpha value is -3.45. The molecule has 1 aliphatic carbocycles. The lowest BCUT2D eigenvalue weighted by atomic mass is 9.71. The summed E-state index contributed by atoms with van der Waals surface area (Å²) in [4.78, 5) is 35.3. The zero-order valence-corrected chi connectivity index (χ0v) is 24.4. The predicted octanol–water partition coefficient (Wildman–Crippen LogP) is 6.55. The van der Waals surface area contributed by atoms with Crippen LogP contribution < -0.4 is 10.2 Å². The summed E-state index contributed by atoms with van der Waals surface area (Å²) in [6.45, 7) is 7.86. The molecule has 1 unspecified atom stereocenters. The van der Waals surface area contributed by atoms with E-state index in [1.165, 1.54) is 17.8 Å². The third kappa shape index (κ3) is 5.44. The number of nitrogens with zero attached hydrogens (tertiary/aromatic N) is 3. The first-order valence-electron chi connectivity index (χ1n) is 14.5. The molecule has 0 radical (unpaired) electrons. The predicted molar refractivity (Wildman–Crippen MR) is 159 cm³/mol. The van der Waals surface area contributed by atoms with Crippen molar-refractivity contribution in [2.45, 2.75) is 57.4 Å². The minimum absolute atomic E-state index is 0.0415. The lowest BCUT2D eigenvalue weighted by Gasteiger charge is -2.47. The van der Waals surface area contributed by atoms with Gasteiger partial charge >= 0.3 is 0 Å². The van der Waals surface area contributed by atoms with E-state index in [-0.39, 0.29) is 28.0 Å². The van der Waals surface area contributed by atoms with Crippen LogP contribution in [0.25, 0.3) is 0 Å². The zero-order valence-electron chi connectivity index (χ0n) is 23.6. The van der Waals surface area contributed by atoms with Gasteiger partial charge in [-0.2, -0.15) is 0 Å². The number of hydrogen-bond donors (Lipinski definition) is 1. The number of carbonyl (C=O) groups is 2. The van der Waals surface area contributed by atoms with E-state index in [0.29, 0.717) is 17.4 Å². The molecular weight excluding hydrogens is 539 g/mol. The van der Waals surface area contributed by atoms with Crippen LogP contribution >= 0.6 is 11.6 Å². The number of fused-ring (bicyclic) bond motifs is 1. The highest BCUT2D eigenvalue weighted by Gasteiger charge is 2.41. The number of amides is 2. The van der Waals surface area contributed by atoms with E-state index < -0.39 is 11.7 Å². The van der Waals surface area contributed by atoms with Crippen molar-refractivity contribution in [1.82, 2.24) is 15.2 Å². The lowest BCUT2D eigenvalue weighted by molar-refractivity contribution is 0.0515. The van der Waals surface area contributed by atoms with Crippen molar-refractivity contribution in [2.75, 3.05) is 31.1 Å². The molecule has 1 spiro atoms. The summed E-state index contributed by atoms with van der Waals surface area (Å²) >= 11 is 6.19. The first kappa shape index (κ1) is 27.7. The summed E-state index contributed by atoms with van der Waals surface area (Å²) in [5.74, 6) is -0.891. The van der Waals surface area contributed by atoms with E-state index in [2.05, 4.69) is 41.2 Å². The van der Waals surface area contributed by atoms with Gasteiger partial charge in [0.1, 0.15) is 5.82 Å². The monoisotopic (exact) mass is 574 g/mol. The second-order valence-corrected chi connectivity index (χ2v) is 12.9. The first-order valence-corrected chi connectivity index (χ1v) is 14.9. The van der Waals surface area contributed by atoms with Gasteiger partial charge in [-0.05, 0) is 96.5 Å². The second-order valence-electron chi connectivity index (χ2n) is 12.5. The summed E-state index contributed by atoms with van der Waals surface area (Å²) in [5, 5.41) is 3.26. The van der Waals surface area contributed by atoms with Crippen LogP contribution in [0.15, 0.2) is 60.9 Å². The van der Waals surface area contributed by atoms with Gasteiger partial charge < -0.3 is 15.1 Å². The van der Waals surface area contributed by atoms with E-state index >= 15 is 0 Å². The fourth-order valence-electron chi connectivity index (χ4n) is 7.03. The minimum atomic E-state index is -0.512. The Morgan fingerprint density at radius 2 is 1.63 bits per heavy atom. The molecule has 3 aliphatic rings. The van der Waals surface area contributed by atoms with Crippen molar-refractivity contribution in [3.63, 3.8) is 0 Å². The van der Waals surface area contributed by atoms with Crippen molar-refractivity contribution >= 4 is 29.1 Å². The number of anilines is 1. The maximum atomic E-state index is 13.8. The van der Waals surface area contributed by atoms with Crippen LogP contribution in [0.2, 0.25) is 5.02 Å². The van der Waals surface area contributed by atoms with Crippen molar-refractivity contribution in [2.24, 2.45) is 5.41 Å². The van der Waals surface area contributed by atoms with Gasteiger partial charge in [-0.25, -0.2) is 4.39 Å². The van der Waals surface area contributed by atoms with E-state index in [4.69, 9.17) is 11.6 Å². The third-order valence-electron chi connectivity index (χ3n) is 9.56. The fraction of sp³-hybridized carbons (Fsp3) is 0.424. The third-order valence-corrected chi connectivity index (χ3v) is 9.89. The molecule has 1 aromatic heterocycles. The largest absolute Gasteiger partial charge is 0.371 e. The highest BCUT2D eigenvalue weighted by molar-refractivity contribution is 6.33. The topological polar surface area (TPSA) is 65.5 Å². The number of piperidine rings is 2. The molecule has 0 bridgehead atoms. The number of rotatable bonds is 4. The number of benzene rings is 2. The summed E-state index contributed by atoms with van der Waals surface area (Å²) < 4.78 is 13.8. The van der Waals surface area contributed by atoms with E-state index in [1.54, 1.807) is 0 Å². The van der Waals surface area contributed by atoms with Crippen LogP contribution in [0.1, 0.15) is 83.8 Å². The van der Waals surface area contributed by atoms with Crippen LogP contribution in [-0.4, -0.2) is 47.9 Å². The van der Waals surface area contributed by atoms with Gasteiger partial charge in [0.05, 0.1) is 16.6 Å². The lowest BCUT2D eigenvalue weighted by Crippen LogP contribution is -2.48. The molecule has 2 amide bonds. The molecule has 2 aliphatic heterocycles. The van der Waals surface area contributed by atoms with Gasteiger partial charge in [-0.1, -0.05) is 31.5 Å². The Kier molecular flexibility index (Phi) is 7.26. The smallest absolute Gasteiger partial charge is 0.253 e. The number of halogens is 2. The summed E-state index contributed by atoms with van der Waals surface area (Å²) in [6, 6.07) is 13.5. The summed E-state index contributed by atoms with van der Waals surface area (Å²) in [7, 11) is 0. The molecule has 6 rings (SSSR count). The van der Waals surface area contributed by atoms with Crippen LogP contribution in [0.4, 0.5) is 10.1 Å². The van der Waals surface area contributed by atoms with Crippen LogP contribution in [0.5, 0.6) is 0 Å². The SMILES string of the molecule is CC1(C)CC(NC(=O)c2cc(F)ccc2Cl)c2cc(C(=O)N3CCC4(CC3)CCN(c3ccncc3)CC4)ccc21. The summed E-state index contributed by atoms with van der Waals surface area (Å²) in [5.41, 5.74) is 4.17. The number of likely N-dealkylation sites (tertiary alicyclic amines) is 1. The van der Waals surface area contributed by atoms with Crippen LogP contribution in [0.3, 0.4) is 0 Å². The second kappa shape index (κ2) is 10.8. The van der Waals surface area contributed by atoms with Crippen LogP contribution in [0, 0.1) is 11.2 Å². The van der Waals surface area contributed by atoms with E-state index in [1.807, 2.05) is 35.5 Å². The fourth-order valence-corrected chi connectivity index (χ4v) is 7.23. The van der Waals surface area contributed by atoms with Gasteiger partial charge in [0.15, 0.2) is 0 Å². The Balaban J connectivity index is 1.13. The number of nitrogens with one attached hydrogen (secondary N) is 1. The van der Waals surface area contributed by atoms with Gasteiger partial charge in [-0.15, -0.1) is 0 Å². The van der Waals surface area contributed by atoms with Gasteiger partial charge in [0, 0.05) is 49.8 Å². The normalized spacial score (nSPS) is 21.0. The Morgan fingerprint density at radius 1 is 0.951 bits per heavy atom. The molecule has 2 fully saturated rings. The number of pyridine rings is 1. The molecule has 0 saturated carbocycles. The highest BCUT2D eigenvalue weighted by atomic mass is 35.5. The number of carbonyl (C=O) groups excluding carboxylic acids is 2. The Morgan fingerprint density at radius 3 is 2.34 bits per heavy atom. The average Bonchev–Trinajstić information content (AvgIpc) is 3.23. The molecular formula is C33H36ClFN4O2. The first-order chi connectivity index (χ1) is 19.6. The maximum Gasteiger partial charge on any atom is 0.253 e. The zero-order chi connectivity index (χ0) is 28.8. The van der Waals surface area contributed by atoms with Gasteiger partial charge in [0.25, 0.3) is 11.8 Å². The van der Waals surface area contributed by atoms with E-state index in [9.17, 15) is 14.0 Å². The van der Waals surface area contributed by atoms with Crippen molar-refractivity contribution < 1.29 is 14.0 Å². The van der Waals surface area contributed by atoms with E-state index in [0.717, 1.165) is 69.1 Å². The minimum Gasteiger partial charge on any atom is -0.371 e. The number of hydrogen-bond acceptors (Lipinski definition) is 4. The quantitative estimate of drug-likeness (QED) is 0.384. The Labute approximate surface area is 245 Å². The van der Waals surface area contributed by atoms with Gasteiger partial charge in [-0.3, -0.25) is 14.6 Å². The Bertz CT molecular complexity index is 1460. The molecule has 3 heterocycles. The molecule has 41 heavy (non-hydrogen) atoms. The van der Waals surface area contributed by atoms with Crippen molar-refractivity contribution in [3.05, 3.63) is 94.0 Å². The van der Waals surface area contributed by atoms with Crippen molar-refractivity contribution in [3.8, 4) is 0 Å². The molecule has 1 atom stereocenters. The molecule has 8 heteroatoms. The molecule has 2 saturated heterocycles. The summed E-state index contributed by atoms with van der Waals surface area (Å²) in [6.07, 6.45) is 8.70. The average molecular weight is 575 g/mol. The molecule has 6 nitrogen and oxygen atoms in total. The van der Waals surface area contributed by atoms with Crippen LogP contribution in [-0.2, 0) is 5.41 Å². The van der Waals surface area contributed by atoms with Gasteiger partial charge in [0.2, 0.25) is 0 Å². The molecule has 2 aromatic carbocycles. The number of aromatic nitrogens is 1. The highest BCUT2D eigenvalue weighted by Crippen LogP contribution is 2.46. The van der Waals surface area contributed by atoms with Crippen molar-refractivity contribution in [1.29, 1.82) is 0 Å². The molecule has 214 valence electrons.